The van der Waals surface area contributed by atoms with Gasteiger partial charge in [-0.3, -0.25) is 4.79 Å². The van der Waals surface area contributed by atoms with Crippen molar-refractivity contribution in [2.75, 3.05) is 13.7 Å². The summed E-state index contributed by atoms with van der Waals surface area (Å²) in [4.78, 5) is 16.7. The van der Waals surface area contributed by atoms with Crippen LogP contribution in [0.15, 0.2) is 77.9 Å². The van der Waals surface area contributed by atoms with Gasteiger partial charge in [0.1, 0.15) is 5.49 Å². The maximum absolute atomic E-state index is 12.5. The van der Waals surface area contributed by atoms with E-state index in [1.807, 2.05) is 53.2 Å². The first-order valence-electron chi connectivity index (χ1n) is 9.97. The van der Waals surface area contributed by atoms with E-state index < -0.39 is 12.8 Å². The van der Waals surface area contributed by atoms with Crippen LogP contribution in [-0.4, -0.2) is 30.4 Å². The summed E-state index contributed by atoms with van der Waals surface area (Å²) in [6.07, 6.45) is -2.06. The number of benzene rings is 2. The predicted molar refractivity (Wildman–Crippen MR) is 113 cm³/mol. The summed E-state index contributed by atoms with van der Waals surface area (Å²) in [5, 5.41) is 0. The van der Waals surface area contributed by atoms with Crippen LogP contribution in [0.1, 0.15) is 17.5 Å². The molecule has 0 N–H and O–H groups in total. The molecule has 1 amide bonds. The van der Waals surface area contributed by atoms with Crippen LogP contribution in [0.4, 0.5) is 13.2 Å². The molecule has 8 heteroatoms. The number of aromatic nitrogens is 1. The molecule has 0 saturated heterocycles. The molecule has 168 valence electrons. The van der Waals surface area contributed by atoms with E-state index in [4.69, 9.17) is 9.47 Å². The Morgan fingerprint density at radius 3 is 2.44 bits per heavy atom. The number of amides is 1. The van der Waals surface area contributed by atoms with Gasteiger partial charge in [0.2, 0.25) is 5.91 Å². The molecule has 0 aliphatic carbocycles. The highest BCUT2D eigenvalue weighted by Gasteiger charge is 2.29. The Kier molecular flexibility index (Phi) is 7.70. The predicted octanol–water partition coefficient (Wildman–Crippen LogP) is 4.55. The Bertz CT molecular complexity index is 1110. The molecule has 5 nitrogen and oxygen atoms in total. The van der Waals surface area contributed by atoms with E-state index in [1.165, 1.54) is 13.2 Å². The number of nitrogens with zero attached hydrogens (tertiary/aromatic N) is 2. The van der Waals surface area contributed by atoms with E-state index in [2.05, 4.69) is 4.99 Å². The minimum Gasteiger partial charge on any atom is -0.493 e. The fourth-order valence-corrected chi connectivity index (χ4v) is 3.06. The Hall–Kier alpha value is -3.55. The normalized spacial score (nSPS) is 11.9. The zero-order valence-electron chi connectivity index (χ0n) is 17.5. The molecule has 0 bridgehead atoms. The molecule has 0 atom stereocenters. The highest BCUT2D eigenvalue weighted by atomic mass is 19.4. The van der Waals surface area contributed by atoms with Crippen molar-refractivity contribution in [2.24, 2.45) is 4.99 Å². The lowest BCUT2D eigenvalue weighted by molar-refractivity contribution is -0.153. The molecular formula is C24H23F3N2O3. The molecule has 3 aromatic rings. The smallest absolute Gasteiger partial charge is 0.422 e. The van der Waals surface area contributed by atoms with Crippen LogP contribution in [-0.2, 0) is 17.8 Å². The highest BCUT2D eigenvalue weighted by Crippen LogP contribution is 2.30. The number of alkyl halides is 3. The number of hydrogen-bond donors (Lipinski definition) is 0. The third kappa shape index (κ3) is 7.01. The average Bonchev–Trinajstić information content (AvgIpc) is 2.78. The van der Waals surface area contributed by atoms with Crippen molar-refractivity contribution >= 4 is 5.91 Å². The minimum atomic E-state index is -4.44. The Morgan fingerprint density at radius 1 is 0.969 bits per heavy atom. The quantitative estimate of drug-likeness (QED) is 0.512. The van der Waals surface area contributed by atoms with Gasteiger partial charge in [0.25, 0.3) is 0 Å². The van der Waals surface area contributed by atoms with Crippen molar-refractivity contribution in [3.63, 3.8) is 0 Å². The first-order valence-corrected chi connectivity index (χ1v) is 9.97. The van der Waals surface area contributed by atoms with Crippen LogP contribution in [0.25, 0.3) is 0 Å². The molecule has 0 aliphatic rings. The van der Waals surface area contributed by atoms with Crippen molar-refractivity contribution in [3.05, 3.63) is 89.5 Å². The fraction of sp³-hybridized carbons (Fsp3) is 0.250. The summed E-state index contributed by atoms with van der Waals surface area (Å²) in [6.45, 7) is -0.815. The van der Waals surface area contributed by atoms with Gasteiger partial charge in [0.05, 0.1) is 7.11 Å². The monoisotopic (exact) mass is 444 g/mol. The van der Waals surface area contributed by atoms with Gasteiger partial charge in [-0.05, 0) is 41.8 Å². The van der Waals surface area contributed by atoms with E-state index in [-0.39, 0.29) is 23.8 Å². The number of hydrogen-bond acceptors (Lipinski definition) is 3. The molecule has 32 heavy (non-hydrogen) atoms. The first kappa shape index (κ1) is 23.1. The van der Waals surface area contributed by atoms with Crippen molar-refractivity contribution < 1.29 is 27.4 Å². The number of carbonyl (C=O) groups excluding carboxylic acids is 1. The molecule has 1 aromatic heterocycles. The fourth-order valence-electron chi connectivity index (χ4n) is 3.06. The molecular weight excluding hydrogens is 421 g/mol. The number of aryl methyl sites for hydroxylation is 1. The van der Waals surface area contributed by atoms with Crippen LogP contribution < -0.4 is 15.0 Å². The van der Waals surface area contributed by atoms with Crippen molar-refractivity contribution in [1.29, 1.82) is 0 Å². The molecule has 0 fully saturated rings. The molecule has 0 saturated carbocycles. The lowest BCUT2D eigenvalue weighted by Gasteiger charge is -2.13. The van der Waals surface area contributed by atoms with E-state index in [9.17, 15) is 18.0 Å². The van der Waals surface area contributed by atoms with Gasteiger partial charge < -0.3 is 14.0 Å². The molecule has 0 unspecified atom stereocenters. The van der Waals surface area contributed by atoms with E-state index in [1.54, 1.807) is 18.2 Å². The second kappa shape index (κ2) is 10.7. The summed E-state index contributed by atoms with van der Waals surface area (Å²) >= 11 is 0. The van der Waals surface area contributed by atoms with Gasteiger partial charge in [-0.25, -0.2) is 0 Å². The third-order valence-corrected chi connectivity index (χ3v) is 4.60. The Balaban J connectivity index is 1.67. The lowest BCUT2D eigenvalue weighted by Crippen LogP contribution is -2.22. The van der Waals surface area contributed by atoms with Gasteiger partial charge in [-0.2, -0.15) is 18.2 Å². The number of rotatable bonds is 8. The summed E-state index contributed by atoms with van der Waals surface area (Å²) in [7, 11) is 1.35. The summed E-state index contributed by atoms with van der Waals surface area (Å²) in [6, 6.07) is 19.9. The first-order chi connectivity index (χ1) is 15.3. The summed E-state index contributed by atoms with van der Waals surface area (Å²) in [5.41, 5.74) is 2.37. The zero-order valence-corrected chi connectivity index (χ0v) is 17.5. The van der Waals surface area contributed by atoms with Crippen molar-refractivity contribution in [1.82, 2.24) is 4.57 Å². The highest BCUT2D eigenvalue weighted by molar-refractivity contribution is 5.77. The van der Waals surface area contributed by atoms with Crippen molar-refractivity contribution in [2.45, 2.75) is 25.6 Å². The Morgan fingerprint density at radius 2 is 1.72 bits per heavy atom. The maximum atomic E-state index is 12.5. The van der Waals surface area contributed by atoms with Gasteiger partial charge in [0, 0.05) is 19.2 Å². The standard InChI is InChI=1S/C24H23F3N2O3/c1-31-21-15-18(10-12-20(21)32-17-24(25,26)27)11-13-23(30)28-22-9-5-6-14-29(22)16-19-7-3-2-4-8-19/h2-10,12,14-15H,11,13,16-17H2,1H3. The number of halogens is 3. The summed E-state index contributed by atoms with van der Waals surface area (Å²) in [5.74, 6) is -0.120. The number of methoxy groups -OCH3 is 1. The van der Waals surface area contributed by atoms with Crippen LogP contribution in [0, 0.1) is 0 Å². The van der Waals surface area contributed by atoms with E-state index in [0.29, 0.717) is 18.5 Å². The molecule has 0 aliphatic heterocycles. The Labute approximate surface area is 183 Å². The van der Waals surface area contributed by atoms with Gasteiger partial charge in [-0.15, -0.1) is 0 Å². The van der Waals surface area contributed by atoms with Gasteiger partial charge in [0.15, 0.2) is 18.1 Å². The second-order valence-electron chi connectivity index (χ2n) is 7.07. The summed E-state index contributed by atoms with van der Waals surface area (Å²) < 4.78 is 48.9. The van der Waals surface area contributed by atoms with Gasteiger partial charge in [-0.1, -0.05) is 42.5 Å². The topological polar surface area (TPSA) is 52.8 Å². The largest absolute Gasteiger partial charge is 0.493 e. The molecule has 0 spiro atoms. The second-order valence-corrected chi connectivity index (χ2v) is 7.07. The van der Waals surface area contributed by atoms with Crippen LogP contribution in [0.3, 0.4) is 0 Å². The molecule has 0 radical (unpaired) electrons. The SMILES string of the molecule is COc1cc(CCC(=O)N=c2ccccn2Cc2ccccc2)ccc1OCC(F)(F)F. The number of ether oxygens (including phenoxy) is 2. The number of pyridine rings is 1. The van der Waals surface area contributed by atoms with E-state index >= 15 is 0 Å². The van der Waals surface area contributed by atoms with Crippen LogP contribution in [0.2, 0.25) is 0 Å². The maximum Gasteiger partial charge on any atom is 0.422 e. The number of carbonyl (C=O) groups is 1. The minimum absolute atomic E-state index is 0.00386. The third-order valence-electron chi connectivity index (χ3n) is 4.60. The molecule has 3 rings (SSSR count). The zero-order chi connectivity index (χ0) is 23.0. The van der Waals surface area contributed by atoms with Crippen LogP contribution in [0.5, 0.6) is 11.5 Å². The van der Waals surface area contributed by atoms with Crippen molar-refractivity contribution in [3.8, 4) is 11.5 Å². The molecule has 2 aromatic carbocycles. The van der Waals surface area contributed by atoms with Crippen LogP contribution >= 0.6 is 0 Å². The molecule has 1 heterocycles. The van der Waals surface area contributed by atoms with Gasteiger partial charge >= 0.3 is 6.18 Å². The average molecular weight is 444 g/mol. The van der Waals surface area contributed by atoms with E-state index in [0.717, 1.165) is 11.1 Å². The lowest BCUT2D eigenvalue weighted by atomic mass is 10.1.